The third kappa shape index (κ3) is 3.93. The Bertz CT molecular complexity index is 689. The molecular weight excluding hydrogens is 318 g/mol. The van der Waals surface area contributed by atoms with Gasteiger partial charge in [0.15, 0.2) is 11.5 Å². The summed E-state index contributed by atoms with van der Waals surface area (Å²) in [6, 6.07) is 9.58. The maximum absolute atomic E-state index is 12.2. The second kappa shape index (κ2) is 7.83. The number of hydrogen-bond acceptors (Lipinski definition) is 5. The summed E-state index contributed by atoms with van der Waals surface area (Å²) < 4.78 is 16.2. The quantitative estimate of drug-likeness (QED) is 0.593. The van der Waals surface area contributed by atoms with Crippen LogP contribution in [-0.4, -0.2) is 24.7 Å². The van der Waals surface area contributed by atoms with Gasteiger partial charge in [-0.05, 0) is 19.4 Å². The third-order valence-corrected chi connectivity index (χ3v) is 3.42. The topological polar surface area (TPSA) is 57.7 Å². The van der Waals surface area contributed by atoms with E-state index in [0.717, 1.165) is 5.56 Å². The molecule has 0 N–H and O–H groups in total. The molecule has 0 radical (unpaired) electrons. The molecule has 122 valence electrons. The van der Waals surface area contributed by atoms with Gasteiger partial charge in [0, 0.05) is 0 Å². The highest BCUT2D eigenvalue weighted by Crippen LogP contribution is 2.38. The number of halogens is 1. The minimum Gasteiger partial charge on any atom is -0.491 e. The molecule has 1 aromatic heterocycles. The number of aromatic nitrogens is 1. The summed E-state index contributed by atoms with van der Waals surface area (Å²) in [5.74, 6) is 0.0204. The summed E-state index contributed by atoms with van der Waals surface area (Å²) in [6.07, 6.45) is 0. The molecule has 6 heteroatoms. The SMILES string of the molecule is CCOC(=O)c1c(Cl)nc(C)c(OC)c1OCc1ccccc1. The van der Waals surface area contributed by atoms with E-state index < -0.39 is 5.97 Å². The summed E-state index contributed by atoms with van der Waals surface area (Å²) in [6.45, 7) is 3.94. The Kier molecular flexibility index (Phi) is 5.82. The minimum absolute atomic E-state index is 0.0322. The highest BCUT2D eigenvalue weighted by atomic mass is 35.5. The van der Waals surface area contributed by atoms with Crippen LogP contribution < -0.4 is 9.47 Å². The van der Waals surface area contributed by atoms with Gasteiger partial charge in [0.25, 0.3) is 0 Å². The van der Waals surface area contributed by atoms with Crippen molar-refractivity contribution in [2.24, 2.45) is 0 Å². The van der Waals surface area contributed by atoms with Crippen molar-refractivity contribution >= 4 is 17.6 Å². The van der Waals surface area contributed by atoms with Crippen LogP contribution in [0.4, 0.5) is 0 Å². The molecule has 0 aliphatic rings. The molecule has 0 aliphatic carbocycles. The monoisotopic (exact) mass is 335 g/mol. The normalized spacial score (nSPS) is 10.3. The number of esters is 1. The maximum atomic E-state index is 12.2. The molecule has 0 spiro atoms. The van der Waals surface area contributed by atoms with E-state index in [1.165, 1.54) is 7.11 Å². The first-order valence-corrected chi connectivity index (χ1v) is 7.54. The van der Waals surface area contributed by atoms with Gasteiger partial charge in [-0.1, -0.05) is 41.9 Å². The van der Waals surface area contributed by atoms with Gasteiger partial charge in [0.2, 0.25) is 0 Å². The van der Waals surface area contributed by atoms with E-state index in [9.17, 15) is 4.79 Å². The van der Waals surface area contributed by atoms with Crippen molar-refractivity contribution in [3.8, 4) is 11.5 Å². The second-order valence-corrected chi connectivity index (χ2v) is 5.08. The van der Waals surface area contributed by atoms with Gasteiger partial charge < -0.3 is 14.2 Å². The summed E-state index contributed by atoms with van der Waals surface area (Å²) in [5.41, 5.74) is 1.57. The lowest BCUT2D eigenvalue weighted by atomic mass is 10.2. The molecule has 0 saturated carbocycles. The van der Waals surface area contributed by atoms with Crippen LogP contribution in [0.1, 0.15) is 28.5 Å². The van der Waals surface area contributed by atoms with Crippen LogP contribution in [0.2, 0.25) is 5.15 Å². The lowest BCUT2D eigenvalue weighted by Gasteiger charge is -2.17. The summed E-state index contributed by atoms with van der Waals surface area (Å²) >= 11 is 6.13. The number of rotatable bonds is 6. The molecule has 0 unspecified atom stereocenters. The number of methoxy groups -OCH3 is 1. The summed E-state index contributed by atoms with van der Waals surface area (Å²) in [4.78, 5) is 16.3. The molecule has 2 rings (SSSR count). The van der Waals surface area contributed by atoms with Gasteiger partial charge in [0.05, 0.1) is 19.4 Å². The molecule has 0 atom stereocenters. The largest absolute Gasteiger partial charge is 0.491 e. The average Bonchev–Trinajstić information content (AvgIpc) is 2.53. The highest BCUT2D eigenvalue weighted by molar-refractivity contribution is 6.33. The van der Waals surface area contributed by atoms with Crippen LogP contribution in [-0.2, 0) is 11.3 Å². The van der Waals surface area contributed by atoms with E-state index in [1.54, 1.807) is 13.8 Å². The number of benzene rings is 1. The van der Waals surface area contributed by atoms with Crippen molar-refractivity contribution in [2.75, 3.05) is 13.7 Å². The molecule has 1 aromatic carbocycles. The van der Waals surface area contributed by atoms with E-state index in [4.69, 9.17) is 25.8 Å². The fourth-order valence-electron chi connectivity index (χ4n) is 2.11. The van der Waals surface area contributed by atoms with E-state index in [0.29, 0.717) is 11.4 Å². The summed E-state index contributed by atoms with van der Waals surface area (Å²) in [7, 11) is 1.49. The van der Waals surface area contributed by atoms with Crippen molar-refractivity contribution in [2.45, 2.75) is 20.5 Å². The number of hydrogen-bond donors (Lipinski definition) is 0. The van der Waals surface area contributed by atoms with Crippen LogP contribution in [0, 0.1) is 6.92 Å². The maximum Gasteiger partial charge on any atom is 0.345 e. The third-order valence-electron chi connectivity index (χ3n) is 3.14. The molecule has 0 fully saturated rings. The average molecular weight is 336 g/mol. The smallest absolute Gasteiger partial charge is 0.345 e. The summed E-state index contributed by atoms with van der Waals surface area (Å²) in [5, 5.41) is 0.0322. The standard InChI is InChI=1S/C17H18ClNO4/c1-4-22-17(20)13-15(14(21-3)11(2)19-16(13)18)23-10-12-8-6-5-7-9-12/h5-9H,4,10H2,1-3H3. The minimum atomic E-state index is -0.591. The number of pyridine rings is 1. The number of carbonyl (C=O) groups excluding carboxylic acids is 1. The molecule has 0 saturated heterocycles. The van der Waals surface area contributed by atoms with Crippen molar-refractivity contribution < 1.29 is 19.0 Å². The molecule has 0 aliphatic heterocycles. The Hall–Kier alpha value is -2.27. The molecular formula is C17H18ClNO4. The Labute approximate surface area is 140 Å². The van der Waals surface area contributed by atoms with Crippen LogP contribution in [0.5, 0.6) is 11.5 Å². The number of nitrogens with zero attached hydrogens (tertiary/aromatic N) is 1. The van der Waals surface area contributed by atoms with E-state index >= 15 is 0 Å². The van der Waals surface area contributed by atoms with Crippen molar-refractivity contribution in [3.05, 3.63) is 52.3 Å². The Morgan fingerprint density at radius 1 is 1.22 bits per heavy atom. The fraction of sp³-hybridized carbons (Fsp3) is 0.294. The predicted octanol–water partition coefficient (Wildman–Crippen LogP) is 3.81. The van der Waals surface area contributed by atoms with E-state index in [-0.39, 0.29) is 29.7 Å². The van der Waals surface area contributed by atoms with Crippen molar-refractivity contribution in [3.63, 3.8) is 0 Å². The van der Waals surface area contributed by atoms with Crippen molar-refractivity contribution in [1.29, 1.82) is 0 Å². The highest BCUT2D eigenvalue weighted by Gasteiger charge is 2.25. The first kappa shape index (κ1) is 17.1. The first-order chi connectivity index (χ1) is 11.1. The number of carbonyl (C=O) groups is 1. The molecule has 2 aromatic rings. The molecule has 1 heterocycles. The number of aryl methyl sites for hydroxylation is 1. The van der Waals surface area contributed by atoms with Crippen LogP contribution in [0.25, 0.3) is 0 Å². The fourth-order valence-corrected chi connectivity index (χ4v) is 2.40. The second-order valence-electron chi connectivity index (χ2n) is 4.72. The van der Waals surface area contributed by atoms with Crippen molar-refractivity contribution in [1.82, 2.24) is 4.98 Å². The zero-order valence-electron chi connectivity index (χ0n) is 13.3. The Balaban J connectivity index is 2.42. The van der Waals surface area contributed by atoms with Gasteiger partial charge in [-0.2, -0.15) is 0 Å². The molecule has 0 bridgehead atoms. The zero-order chi connectivity index (χ0) is 16.8. The van der Waals surface area contributed by atoms with E-state index in [2.05, 4.69) is 4.98 Å². The zero-order valence-corrected chi connectivity index (χ0v) is 14.0. The first-order valence-electron chi connectivity index (χ1n) is 7.16. The van der Waals surface area contributed by atoms with Crippen LogP contribution in [0.15, 0.2) is 30.3 Å². The Morgan fingerprint density at radius 3 is 2.52 bits per heavy atom. The van der Waals surface area contributed by atoms with Gasteiger partial charge in [0.1, 0.15) is 17.3 Å². The van der Waals surface area contributed by atoms with Gasteiger partial charge in [-0.25, -0.2) is 9.78 Å². The van der Waals surface area contributed by atoms with Gasteiger partial charge in [-0.15, -0.1) is 0 Å². The lowest BCUT2D eigenvalue weighted by Crippen LogP contribution is -2.12. The molecule has 23 heavy (non-hydrogen) atoms. The van der Waals surface area contributed by atoms with E-state index in [1.807, 2.05) is 30.3 Å². The van der Waals surface area contributed by atoms with Gasteiger partial charge >= 0.3 is 5.97 Å². The Morgan fingerprint density at radius 2 is 1.91 bits per heavy atom. The lowest BCUT2D eigenvalue weighted by molar-refractivity contribution is 0.0520. The van der Waals surface area contributed by atoms with Gasteiger partial charge in [-0.3, -0.25) is 0 Å². The number of ether oxygens (including phenoxy) is 3. The predicted molar refractivity (Wildman–Crippen MR) is 87.3 cm³/mol. The molecule has 0 amide bonds. The van der Waals surface area contributed by atoms with Crippen LogP contribution in [0.3, 0.4) is 0 Å². The molecule has 5 nitrogen and oxygen atoms in total. The van der Waals surface area contributed by atoms with Crippen LogP contribution >= 0.6 is 11.6 Å².